The summed E-state index contributed by atoms with van der Waals surface area (Å²) in [6, 6.07) is -5.09. The molecule has 27 N–H and O–H groups in total. The maximum absolute atomic E-state index is 14.6. The smallest absolute Gasteiger partial charge is 0.326 e. The number of guanidine groups is 1. The van der Waals surface area contributed by atoms with Crippen molar-refractivity contribution in [2.45, 2.75) is 184 Å². The molecule has 30 nitrogen and oxygen atoms in total. The molecule has 30 heteroatoms. The van der Waals surface area contributed by atoms with Crippen molar-refractivity contribution < 1.29 is 58.2 Å². The second-order valence-electron chi connectivity index (χ2n) is 21.4. The van der Waals surface area contributed by atoms with Crippen LogP contribution in [0.5, 0.6) is 0 Å². The van der Waals surface area contributed by atoms with Gasteiger partial charge in [0, 0.05) is 36.5 Å². The van der Waals surface area contributed by atoms with Crippen molar-refractivity contribution in [3.8, 4) is 0 Å². The number of aromatic nitrogens is 1. The number of aliphatic carboxylic acids is 1. The topological polar surface area (TPSA) is 544 Å². The lowest BCUT2D eigenvalue weighted by atomic mass is 9.99. The molecule has 0 aliphatic heterocycles. The molecule has 0 saturated heterocycles. The van der Waals surface area contributed by atoms with Crippen LogP contribution in [0.15, 0.2) is 35.5 Å². The van der Waals surface area contributed by atoms with E-state index in [1.807, 2.05) is 6.07 Å². The molecule has 0 saturated carbocycles. The van der Waals surface area contributed by atoms with Crippen LogP contribution in [0.1, 0.15) is 129 Å². The van der Waals surface area contributed by atoms with E-state index >= 15 is 0 Å². The summed E-state index contributed by atoms with van der Waals surface area (Å²) in [5.41, 5.74) is 46.4. The molecule has 9 amide bonds. The number of nitrogens with one attached hydrogen (secondary N) is 9. The number of unbranched alkanes of at least 4 members (excludes halogenated alkanes) is 4. The number of hydrogen-bond acceptors (Lipinski definition) is 17. The van der Waals surface area contributed by atoms with Gasteiger partial charge < -0.3 is 104 Å². The Balaban J connectivity index is 2.51. The predicted molar refractivity (Wildman–Crippen MR) is 320 cm³/mol. The third-order valence-electron chi connectivity index (χ3n) is 13.8. The van der Waals surface area contributed by atoms with Gasteiger partial charge in [0.05, 0.1) is 12.6 Å². The predicted octanol–water partition coefficient (Wildman–Crippen LogP) is -4.13. The van der Waals surface area contributed by atoms with E-state index in [0.717, 1.165) is 0 Å². The number of amides is 9. The summed E-state index contributed by atoms with van der Waals surface area (Å²) in [7, 11) is 0. The van der Waals surface area contributed by atoms with Gasteiger partial charge in [-0.1, -0.05) is 38.5 Å². The highest BCUT2D eigenvalue weighted by molar-refractivity contribution is 5.98. The monoisotopic (exact) mass is 1200 g/mol. The third-order valence-corrected chi connectivity index (χ3v) is 13.8. The average molecular weight is 1200 g/mol. The first-order valence-corrected chi connectivity index (χ1v) is 29.2. The third kappa shape index (κ3) is 28.3. The van der Waals surface area contributed by atoms with E-state index < -0.39 is 127 Å². The number of primary amides is 1. The lowest BCUT2D eigenvalue weighted by Gasteiger charge is -2.28. The molecule has 0 aliphatic rings. The van der Waals surface area contributed by atoms with Crippen LogP contribution in [0.25, 0.3) is 10.9 Å². The number of aliphatic imine (C=N–C) groups is 1. The SMILES string of the molecule is CC(C)C[C@H](NC(=O)[C@H](CCC(N)=O)NC(=O)[C@H](CCCCN)NC(=O)[C@H](CO)NC(=O)[C@H](CCCCN)NC(=O)[C@@H](N)CCCCN)C(=O)N[C@@H](Cc1c[nH]c2ccccc12)C(=O)N[C@@H](CCCCN)C(=O)N[C@@H](CCCN=C(N)N)C(=O)O. The molecule has 2 aromatic rings. The molecular formula is C55H96N18O12. The summed E-state index contributed by atoms with van der Waals surface area (Å²) in [6.45, 7) is 3.86. The van der Waals surface area contributed by atoms with E-state index in [0.29, 0.717) is 80.9 Å². The van der Waals surface area contributed by atoms with Crippen molar-refractivity contribution >= 4 is 76.0 Å². The molecule has 85 heavy (non-hydrogen) atoms. The van der Waals surface area contributed by atoms with Gasteiger partial charge >= 0.3 is 5.97 Å². The van der Waals surface area contributed by atoms with Gasteiger partial charge in [-0.05, 0) is 140 Å². The van der Waals surface area contributed by atoms with E-state index in [2.05, 4.69) is 52.5 Å². The molecular weight excluding hydrogens is 1100 g/mol. The van der Waals surface area contributed by atoms with Gasteiger partial charge in [0.1, 0.15) is 48.3 Å². The Morgan fingerprint density at radius 3 is 1.38 bits per heavy atom. The van der Waals surface area contributed by atoms with Crippen LogP contribution in [-0.2, 0) is 54.4 Å². The van der Waals surface area contributed by atoms with Crippen molar-refractivity contribution in [3.05, 3.63) is 36.0 Å². The average Bonchev–Trinajstić information content (AvgIpc) is 3.43. The number of rotatable bonds is 45. The van der Waals surface area contributed by atoms with Crippen molar-refractivity contribution in [1.82, 2.24) is 47.5 Å². The fourth-order valence-electron chi connectivity index (χ4n) is 9.05. The molecule has 0 spiro atoms. The van der Waals surface area contributed by atoms with Crippen molar-refractivity contribution in [1.29, 1.82) is 0 Å². The Labute approximate surface area is 496 Å². The minimum absolute atomic E-state index is 0.0233. The van der Waals surface area contributed by atoms with E-state index in [9.17, 15) is 58.2 Å². The highest BCUT2D eigenvalue weighted by atomic mass is 16.4. The van der Waals surface area contributed by atoms with Crippen LogP contribution >= 0.6 is 0 Å². The van der Waals surface area contributed by atoms with Gasteiger partial charge in [-0.25, -0.2) is 4.79 Å². The zero-order valence-corrected chi connectivity index (χ0v) is 49.2. The first kappa shape index (κ1) is 73.6. The maximum atomic E-state index is 14.6. The molecule has 1 heterocycles. The molecule has 1 aromatic heterocycles. The van der Waals surface area contributed by atoms with Crippen LogP contribution in [0.3, 0.4) is 0 Å². The minimum Gasteiger partial charge on any atom is -0.480 e. The number of nitrogens with two attached hydrogens (primary N) is 8. The zero-order chi connectivity index (χ0) is 63.4. The number of fused-ring (bicyclic) bond motifs is 1. The zero-order valence-electron chi connectivity index (χ0n) is 49.2. The Kier molecular flexibility index (Phi) is 35.2. The number of nitrogens with zero attached hydrogens (tertiary/aromatic N) is 1. The number of aliphatic hydroxyl groups is 1. The summed E-state index contributed by atoms with van der Waals surface area (Å²) in [5, 5.41) is 41.9. The normalized spacial score (nSPS) is 14.4. The highest BCUT2D eigenvalue weighted by Gasteiger charge is 2.36. The Hall–Kier alpha value is -7.51. The molecule has 0 fully saturated rings. The summed E-state index contributed by atoms with van der Waals surface area (Å²) >= 11 is 0. The summed E-state index contributed by atoms with van der Waals surface area (Å²) in [6.07, 6.45) is 4.81. The van der Waals surface area contributed by atoms with Crippen LogP contribution < -0.4 is 88.4 Å². The highest BCUT2D eigenvalue weighted by Crippen LogP contribution is 2.20. The van der Waals surface area contributed by atoms with Crippen LogP contribution in [0.2, 0.25) is 0 Å². The number of benzene rings is 1. The molecule has 478 valence electrons. The first-order valence-electron chi connectivity index (χ1n) is 29.2. The van der Waals surface area contributed by atoms with Crippen LogP contribution in [0, 0.1) is 5.92 Å². The van der Waals surface area contributed by atoms with E-state index in [4.69, 9.17) is 45.9 Å². The number of para-hydroxylation sites is 1. The van der Waals surface area contributed by atoms with Crippen molar-refractivity contribution in [2.75, 3.05) is 39.3 Å². The van der Waals surface area contributed by atoms with E-state index in [1.165, 1.54) is 0 Å². The van der Waals surface area contributed by atoms with Crippen molar-refractivity contribution in [3.63, 3.8) is 0 Å². The quantitative estimate of drug-likeness (QED) is 0.0170. The molecule has 1 aromatic carbocycles. The molecule has 2 rings (SSSR count). The van der Waals surface area contributed by atoms with E-state index in [-0.39, 0.29) is 89.3 Å². The van der Waals surface area contributed by atoms with Gasteiger partial charge in [-0.15, -0.1) is 0 Å². The second kappa shape index (κ2) is 40.7. The van der Waals surface area contributed by atoms with Gasteiger partial charge in [-0.2, -0.15) is 0 Å². The van der Waals surface area contributed by atoms with Gasteiger partial charge in [0.25, 0.3) is 0 Å². The fourth-order valence-corrected chi connectivity index (χ4v) is 9.05. The van der Waals surface area contributed by atoms with Gasteiger partial charge in [0.15, 0.2) is 5.96 Å². The number of aromatic amines is 1. The second-order valence-corrected chi connectivity index (χ2v) is 21.4. The standard InChI is InChI=1S/C55H96N18O12/c1-32(2)28-42(51(81)72-43(29-33-30-65-36-16-4-3-14-34(33)36)52(82)67-39(19-8-12-26-59)48(78)70-41(54(84)85)20-13-27-64-55(62)63)71-50(80)40(21-22-45(61)75)69-47(77)38(18-7-11-25-58)68-53(83)44(31-74)73-49(79)37(17-6-10-24-57)66-46(76)35(60)15-5-9-23-56/h3-4,14,16,30,32,35,37-44,65,74H,5-13,15,17-29,31,56-60H2,1-2H3,(H2,61,75)(H,66,76)(H,67,82)(H,68,83)(H,69,77)(H,70,78)(H,71,80)(H,72,81)(H,73,79)(H,84,85)(H4,62,63,64)/t35-,37-,38-,39-,40-,41-,42-,43-,44-/m0/s1. The number of aliphatic hydroxyl groups excluding tert-OH is 1. The van der Waals surface area contributed by atoms with Crippen LogP contribution in [-0.4, -0.2) is 174 Å². The molecule has 9 atom stereocenters. The Morgan fingerprint density at radius 2 is 0.906 bits per heavy atom. The fraction of sp³-hybridized carbons (Fsp3) is 0.655. The number of carbonyl (C=O) groups excluding carboxylic acids is 9. The number of hydrogen-bond donors (Lipinski definition) is 19. The lowest BCUT2D eigenvalue weighted by Crippen LogP contribution is -2.61. The number of carboxylic acid groups (broad SMARTS) is 1. The Morgan fingerprint density at radius 1 is 0.506 bits per heavy atom. The Bertz CT molecular complexity index is 2470. The number of carboxylic acids is 1. The van der Waals surface area contributed by atoms with Crippen LogP contribution in [0.4, 0.5) is 0 Å². The van der Waals surface area contributed by atoms with Gasteiger partial charge in [0.2, 0.25) is 53.2 Å². The van der Waals surface area contributed by atoms with Gasteiger partial charge in [-0.3, -0.25) is 48.1 Å². The number of H-pyrrole nitrogens is 1. The summed E-state index contributed by atoms with van der Waals surface area (Å²) in [5.74, 6) is -9.48. The largest absolute Gasteiger partial charge is 0.480 e. The maximum Gasteiger partial charge on any atom is 0.326 e. The van der Waals surface area contributed by atoms with E-state index in [1.54, 1.807) is 38.2 Å². The lowest BCUT2D eigenvalue weighted by molar-refractivity contribution is -0.142. The number of carbonyl (C=O) groups is 10. The molecule has 0 unspecified atom stereocenters. The first-order chi connectivity index (χ1) is 40.5. The summed E-state index contributed by atoms with van der Waals surface area (Å²) < 4.78 is 0. The molecule has 0 aliphatic carbocycles. The molecule has 0 radical (unpaired) electrons. The minimum atomic E-state index is -1.64. The van der Waals surface area contributed by atoms with Crippen molar-refractivity contribution in [2.24, 2.45) is 56.8 Å². The molecule has 0 bridgehead atoms. The summed E-state index contributed by atoms with van der Waals surface area (Å²) in [4.78, 5) is 144.